The first-order valence-corrected chi connectivity index (χ1v) is 5.03. The molecule has 1 saturated carbocycles. The molecule has 0 unspecified atom stereocenters. The zero-order chi connectivity index (χ0) is 9.68. The van der Waals surface area contributed by atoms with Crippen molar-refractivity contribution in [1.29, 1.82) is 0 Å². The van der Waals surface area contributed by atoms with E-state index < -0.39 is 0 Å². The standard InChI is InChI=1S/C9H15NO2S/c1-12-9(13)10-8(11)7-5-3-2-4-6-7/h7H,2-6H2,1H3,(H,10,11,13). The third-order valence-corrected chi connectivity index (χ3v) is 2.66. The average Bonchev–Trinajstić information content (AvgIpc) is 2.19. The number of carbonyl (C=O) groups is 1. The summed E-state index contributed by atoms with van der Waals surface area (Å²) < 4.78 is 4.71. The minimum absolute atomic E-state index is 0.0200. The van der Waals surface area contributed by atoms with Gasteiger partial charge in [-0.3, -0.25) is 10.1 Å². The number of hydrogen-bond acceptors (Lipinski definition) is 3. The monoisotopic (exact) mass is 201 g/mol. The van der Waals surface area contributed by atoms with E-state index in [9.17, 15) is 4.79 Å². The van der Waals surface area contributed by atoms with Gasteiger partial charge in [-0.15, -0.1) is 0 Å². The zero-order valence-corrected chi connectivity index (χ0v) is 8.65. The van der Waals surface area contributed by atoms with E-state index in [0.717, 1.165) is 25.7 Å². The van der Waals surface area contributed by atoms with Gasteiger partial charge >= 0.3 is 0 Å². The lowest BCUT2D eigenvalue weighted by molar-refractivity contribution is -0.124. The first kappa shape index (κ1) is 10.4. The van der Waals surface area contributed by atoms with Gasteiger partial charge in [0.1, 0.15) is 0 Å². The fraction of sp³-hybridized carbons (Fsp3) is 0.778. The smallest absolute Gasteiger partial charge is 0.263 e. The van der Waals surface area contributed by atoms with Crippen LogP contribution in [0.5, 0.6) is 0 Å². The van der Waals surface area contributed by atoms with Crippen LogP contribution in [0.2, 0.25) is 0 Å². The molecule has 1 rings (SSSR count). The largest absolute Gasteiger partial charge is 0.474 e. The van der Waals surface area contributed by atoms with Crippen LogP contribution in [-0.2, 0) is 9.53 Å². The van der Waals surface area contributed by atoms with Crippen molar-refractivity contribution in [3.63, 3.8) is 0 Å². The molecule has 74 valence electrons. The van der Waals surface area contributed by atoms with Crippen molar-refractivity contribution >= 4 is 23.3 Å². The Bertz CT molecular complexity index is 200. The average molecular weight is 201 g/mol. The van der Waals surface area contributed by atoms with Crippen LogP contribution < -0.4 is 5.32 Å². The van der Waals surface area contributed by atoms with Crippen molar-refractivity contribution in [1.82, 2.24) is 5.32 Å². The van der Waals surface area contributed by atoms with Crippen molar-refractivity contribution in [3.05, 3.63) is 0 Å². The SMILES string of the molecule is COC(=S)NC(=O)C1CCCCC1. The van der Waals surface area contributed by atoms with E-state index >= 15 is 0 Å². The highest BCUT2D eigenvalue weighted by molar-refractivity contribution is 7.80. The maximum absolute atomic E-state index is 11.5. The van der Waals surface area contributed by atoms with E-state index in [-0.39, 0.29) is 17.0 Å². The Hall–Kier alpha value is -0.640. The highest BCUT2D eigenvalue weighted by Crippen LogP contribution is 2.23. The molecule has 0 spiro atoms. The molecule has 1 fully saturated rings. The fourth-order valence-corrected chi connectivity index (χ4v) is 1.72. The topological polar surface area (TPSA) is 38.3 Å². The molecule has 3 nitrogen and oxygen atoms in total. The molecular formula is C9H15NO2S. The quantitative estimate of drug-likeness (QED) is 0.655. The lowest BCUT2D eigenvalue weighted by Crippen LogP contribution is -2.36. The van der Waals surface area contributed by atoms with Crippen LogP contribution in [0.15, 0.2) is 0 Å². The van der Waals surface area contributed by atoms with E-state index in [1.807, 2.05) is 0 Å². The summed E-state index contributed by atoms with van der Waals surface area (Å²) in [5, 5.41) is 2.75. The molecule has 1 aliphatic carbocycles. The van der Waals surface area contributed by atoms with Crippen molar-refractivity contribution in [2.75, 3.05) is 7.11 Å². The number of ether oxygens (including phenoxy) is 1. The molecule has 0 atom stereocenters. The van der Waals surface area contributed by atoms with Gasteiger partial charge in [0, 0.05) is 5.92 Å². The number of nitrogens with one attached hydrogen (secondary N) is 1. The molecule has 0 aromatic rings. The van der Waals surface area contributed by atoms with E-state index in [0.29, 0.717) is 0 Å². The summed E-state index contributed by atoms with van der Waals surface area (Å²) >= 11 is 4.75. The minimum atomic E-state index is 0.0200. The minimum Gasteiger partial charge on any atom is -0.474 e. The van der Waals surface area contributed by atoms with Crippen molar-refractivity contribution in [2.45, 2.75) is 32.1 Å². The summed E-state index contributed by atoms with van der Waals surface area (Å²) in [6.45, 7) is 0. The third kappa shape index (κ3) is 3.30. The second-order valence-electron chi connectivity index (χ2n) is 3.32. The van der Waals surface area contributed by atoms with Crippen molar-refractivity contribution in [2.24, 2.45) is 5.92 Å². The van der Waals surface area contributed by atoms with Crippen LogP contribution in [0.1, 0.15) is 32.1 Å². The molecule has 0 radical (unpaired) electrons. The number of thiocarbonyl (C=S) groups is 1. The number of rotatable bonds is 1. The number of hydrogen-bond donors (Lipinski definition) is 1. The van der Waals surface area contributed by atoms with E-state index in [1.54, 1.807) is 0 Å². The summed E-state index contributed by atoms with van der Waals surface area (Å²) in [5.41, 5.74) is 0. The van der Waals surface area contributed by atoms with Gasteiger partial charge in [-0.25, -0.2) is 0 Å². The second kappa shape index (κ2) is 5.17. The molecule has 1 N–H and O–H groups in total. The lowest BCUT2D eigenvalue weighted by Gasteiger charge is -2.20. The summed E-state index contributed by atoms with van der Waals surface area (Å²) in [6, 6.07) is 0. The normalized spacial score (nSPS) is 17.9. The van der Waals surface area contributed by atoms with Gasteiger partial charge in [-0.1, -0.05) is 19.3 Å². The van der Waals surface area contributed by atoms with Crippen LogP contribution in [-0.4, -0.2) is 18.2 Å². The number of carbonyl (C=O) groups excluding carboxylic acids is 1. The molecule has 0 aromatic carbocycles. The Balaban J connectivity index is 2.33. The lowest BCUT2D eigenvalue weighted by atomic mass is 9.89. The van der Waals surface area contributed by atoms with Crippen LogP contribution in [0.4, 0.5) is 0 Å². The zero-order valence-electron chi connectivity index (χ0n) is 7.84. The molecular weight excluding hydrogens is 186 g/mol. The van der Waals surface area contributed by atoms with Crippen LogP contribution in [0.25, 0.3) is 0 Å². The Labute approximate surface area is 83.8 Å². The van der Waals surface area contributed by atoms with E-state index in [2.05, 4.69) is 5.32 Å². The van der Waals surface area contributed by atoms with Crippen molar-refractivity contribution in [3.8, 4) is 0 Å². The number of methoxy groups -OCH3 is 1. The Morgan fingerprint density at radius 2 is 2.00 bits per heavy atom. The van der Waals surface area contributed by atoms with Gasteiger partial charge in [-0.05, 0) is 25.1 Å². The maximum atomic E-state index is 11.5. The maximum Gasteiger partial charge on any atom is 0.263 e. The molecule has 0 aromatic heterocycles. The molecule has 0 aliphatic heterocycles. The molecule has 0 bridgehead atoms. The summed E-state index contributed by atoms with van der Waals surface area (Å²) in [7, 11) is 1.46. The van der Waals surface area contributed by atoms with Gasteiger partial charge in [0.25, 0.3) is 5.17 Å². The van der Waals surface area contributed by atoms with Gasteiger partial charge in [0.2, 0.25) is 5.91 Å². The summed E-state index contributed by atoms with van der Waals surface area (Å²) in [6.07, 6.45) is 5.52. The summed E-state index contributed by atoms with van der Waals surface area (Å²) in [4.78, 5) is 11.5. The Kier molecular flexibility index (Phi) is 4.15. The van der Waals surface area contributed by atoms with E-state index in [4.69, 9.17) is 17.0 Å². The highest BCUT2D eigenvalue weighted by atomic mass is 32.1. The van der Waals surface area contributed by atoms with E-state index in [1.165, 1.54) is 13.5 Å². The van der Waals surface area contributed by atoms with Gasteiger partial charge in [0.05, 0.1) is 7.11 Å². The first-order valence-electron chi connectivity index (χ1n) is 4.63. The van der Waals surface area contributed by atoms with Crippen molar-refractivity contribution < 1.29 is 9.53 Å². The third-order valence-electron chi connectivity index (χ3n) is 2.39. The Morgan fingerprint density at radius 1 is 1.38 bits per heavy atom. The predicted octanol–water partition coefficient (Wildman–Crippen LogP) is 1.61. The Morgan fingerprint density at radius 3 is 2.54 bits per heavy atom. The molecule has 1 amide bonds. The first-order chi connectivity index (χ1) is 6.24. The number of amides is 1. The fourth-order valence-electron chi connectivity index (χ4n) is 1.62. The highest BCUT2D eigenvalue weighted by Gasteiger charge is 2.21. The van der Waals surface area contributed by atoms with Gasteiger partial charge in [-0.2, -0.15) is 0 Å². The second-order valence-corrected chi connectivity index (χ2v) is 3.69. The van der Waals surface area contributed by atoms with Gasteiger partial charge < -0.3 is 4.74 Å². The molecule has 0 heterocycles. The molecule has 13 heavy (non-hydrogen) atoms. The predicted molar refractivity (Wildman–Crippen MR) is 54.3 cm³/mol. The van der Waals surface area contributed by atoms with Crippen LogP contribution in [0, 0.1) is 5.92 Å². The summed E-state index contributed by atoms with van der Waals surface area (Å²) in [5.74, 6) is 0.161. The van der Waals surface area contributed by atoms with Crippen LogP contribution in [0.3, 0.4) is 0 Å². The molecule has 0 saturated heterocycles. The molecule has 1 aliphatic rings. The van der Waals surface area contributed by atoms with Crippen LogP contribution >= 0.6 is 12.2 Å². The van der Waals surface area contributed by atoms with Gasteiger partial charge in [0.15, 0.2) is 0 Å². The molecule has 4 heteroatoms.